The number of fused-ring (bicyclic) bond motifs is 2. The van der Waals surface area contributed by atoms with Crippen molar-refractivity contribution in [3.05, 3.63) is 35.9 Å². The van der Waals surface area contributed by atoms with Crippen molar-refractivity contribution in [1.82, 2.24) is 4.90 Å². The third kappa shape index (κ3) is 3.15. The number of methoxy groups -OCH3 is 1. The highest BCUT2D eigenvalue weighted by molar-refractivity contribution is 5.83. The van der Waals surface area contributed by atoms with Gasteiger partial charge >= 0.3 is 5.97 Å². The van der Waals surface area contributed by atoms with Crippen LogP contribution in [0.4, 0.5) is 0 Å². The number of ether oxygens (including phenoxy) is 2. The maximum absolute atomic E-state index is 12.9. The van der Waals surface area contributed by atoms with E-state index < -0.39 is 5.41 Å². The molecule has 2 aliphatic heterocycles. The van der Waals surface area contributed by atoms with Crippen LogP contribution < -0.4 is 0 Å². The third-order valence-corrected chi connectivity index (χ3v) is 5.62. The lowest BCUT2D eigenvalue weighted by molar-refractivity contribution is -0.161. The van der Waals surface area contributed by atoms with Crippen molar-refractivity contribution >= 4 is 5.97 Å². The van der Waals surface area contributed by atoms with Crippen molar-refractivity contribution in [1.29, 1.82) is 0 Å². The van der Waals surface area contributed by atoms with Gasteiger partial charge in [-0.2, -0.15) is 0 Å². The Morgan fingerprint density at radius 1 is 1.22 bits per heavy atom. The highest BCUT2D eigenvalue weighted by atomic mass is 16.5. The van der Waals surface area contributed by atoms with Gasteiger partial charge in [0.2, 0.25) is 0 Å². The Balaban J connectivity index is 1.72. The summed E-state index contributed by atoms with van der Waals surface area (Å²) < 4.78 is 11.3. The van der Waals surface area contributed by atoms with Crippen LogP contribution in [0, 0.1) is 0 Å². The molecule has 0 spiro atoms. The zero-order valence-corrected chi connectivity index (χ0v) is 14.3. The molecule has 2 fully saturated rings. The van der Waals surface area contributed by atoms with Crippen LogP contribution in [0.5, 0.6) is 0 Å². The van der Waals surface area contributed by atoms with Gasteiger partial charge in [0, 0.05) is 19.2 Å². The predicted molar refractivity (Wildman–Crippen MR) is 89.4 cm³/mol. The Bertz CT molecular complexity index is 533. The quantitative estimate of drug-likeness (QED) is 0.783. The van der Waals surface area contributed by atoms with Gasteiger partial charge in [-0.15, -0.1) is 0 Å². The molecule has 2 saturated heterocycles. The van der Waals surface area contributed by atoms with Gasteiger partial charge in [-0.25, -0.2) is 0 Å². The smallest absolute Gasteiger partial charge is 0.318 e. The number of benzene rings is 1. The fraction of sp³-hybridized carbons (Fsp3) is 0.632. The first kappa shape index (κ1) is 16.5. The number of carbonyl (C=O) groups excluding carboxylic acids is 1. The first-order valence-electron chi connectivity index (χ1n) is 8.52. The molecule has 23 heavy (non-hydrogen) atoms. The van der Waals surface area contributed by atoms with Gasteiger partial charge in [0.25, 0.3) is 0 Å². The summed E-state index contributed by atoms with van der Waals surface area (Å²) in [5, 5.41) is 0. The second-order valence-electron chi connectivity index (χ2n) is 7.18. The lowest BCUT2D eigenvalue weighted by atomic mass is 9.83. The Kier molecular flexibility index (Phi) is 4.74. The van der Waals surface area contributed by atoms with Crippen molar-refractivity contribution in [2.24, 2.45) is 0 Å². The summed E-state index contributed by atoms with van der Waals surface area (Å²) in [6.45, 7) is 2.24. The second kappa shape index (κ2) is 6.62. The van der Waals surface area contributed by atoms with E-state index in [1.807, 2.05) is 37.3 Å². The average Bonchev–Trinajstić information content (AvgIpc) is 2.76. The maximum atomic E-state index is 12.9. The molecule has 4 heteroatoms. The van der Waals surface area contributed by atoms with Crippen molar-refractivity contribution in [2.75, 3.05) is 20.8 Å². The lowest BCUT2D eigenvalue weighted by Gasteiger charge is -2.37. The number of hydrogen-bond donors (Lipinski definition) is 0. The van der Waals surface area contributed by atoms with Crippen LogP contribution in [0.25, 0.3) is 0 Å². The summed E-state index contributed by atoms with van der Waals surface area (Å²) in [7, 11) is 3.82. The van der Waals surface area contributed by atoms with Gasteiger partial charge in [0.15, 0.2) is 0 Å². The molecule has 2 heterocycles. The summed E-state index contributed by atoms with van der Waals surface area (Å²) in [6, 6.07) is 10.9. The van der Waals surface area contributed by atoms with E-state index in [-0.39, 0.29) is 12.1 Å². The molecular weight excluding hydrogens is 290 g/mol. The lowest BCUT2D eigenvalue weighted by Crippen LogP contribution is -2.46. The molecule has 0 aromatic heterocycles. The predicted octanol–water partition coefficient (Wildman–Crippen LogP) is 2.76. The fourth-order valence-corrected chi connectivity index (χ4v) is 4.09. The summed E-state index contributed by atoms with van der Waals surface area (Å²) in [4.78, 5) is 15.4. The minimum absolute atomic E-state index is 0.0380. The van der Waals surface area contributed by atoms with Crippen LogP contribution >= 0.6 is 0 Å². The first-order valence-corrected chi connectivity index (χ1v) is 8.52. The summed E-state index contributed by atoms with van der Waals surface area (Å²) in [5.74, 6) is -0.167. The highest BCUT2D eigenvalue weighted by Gasteiger charge is 2.43. The van der Waals surface area contributed by atoms with E-state index in [1.54, 1.807) is 7.11 Å². The van der Waals surface area contributed by atoms with Crippen LogP contribution in [-0.4, -0.2) is 49.8 Å². The molecule has 0 N–H and O–H groups in total. The van der Waals surface area contributed by atoms with Crippen molar-refractivity contribution < 1.29 is 14.3 Å². The molecule has 4 nitrogen and oxygen atoms in total. The molecule has 3 rings (SSSR count). The van der Waals surface area contributed by atoms with Crippen molar-refractivity contribution in [2.45, 2.75) is 56.2 Å². The fourth-order valence-electron chi connectivity index (χ4n) is 4.09. The van der Waals surface area contributed by atoms with Gasteiger partial charge in [-0.1, -0.05) is 30.3 Å². The van der Waals surface area contributed by atoms with Gasteiger partial charge in [-0.3, -0.25) is 4.79 Å². The van der Waals surface area contributed by atoms with E-state index in [0.717, 1.165) is 18.4 Å². The molecule has 1 aromatic rings. The number of hydrogen-bond acceptors (Lipinski definition) is 4. The normalized spacial score (nSPS) is 30.0. The van der Waals surface area contributed by atoms with Gasteiger partial charge in [-0.05, 0) is 45.2 Å². The minimum atomic E-state index is -0.752. The first-order chi connectivity index (χ1) is 11.0. The maximum Gasteiger partial charge on any atom is 0.318 e. The molecule has 0 radical (unpaired) electrons. The van der Waals surface area contributed by atoms with Gasteiger partial charge in [0.1, 0.15) is 11.5 Å². The standard InChI is InChI=1S/C19H27NO3/c1-19(13-22-3,14-7-5-4-6-8-14)18(21)23-17-11-15-9-10-16(12-17)20(15)2/h4-8,15-17H,9-13H2,1-3H3/t15-,16+,17?,19?. The third-order valence-electron chi connectivity index (χ3n) is 5.62. The molecule has 2 bridgehead atoms. The number of carbonyl (C=O) groups is 1. The van der Waals surface area contributed by atoms with Crippen molar-refractivity contribution in [3.63, 3.8) is 0 Å². The Hall–Kier alpha value is -1.39. The zero-order valence-electron chi connectivity index (χ0n) is 14.3. The van der Waals surface area contributed by atoms with Crippen molar-refractivity contribution in [3.8, 4) is 0 Å². The van der Waals surface area contributed by atoms with Gasteiger partial charge < -0.3 is 14.4 Å². The molecule has 4 atom stereocenters. The molecule has 2 aliphatic rings. The Morgan fingerprint density at radius 3 is 2.39 bits per heavy atom. The van der Waals surface area contributed by atoms with Crippen LogP contribution in [0.15, 0.2) is 30.3 Å². The minimum Gasteiger partial charge on any atom is -0.462 e. The number of esters is 1. The highest BCUT2D eigenvalue weighted by Crippen LogP contribution is 2.36. The largest absolute Gasteiger partial charge is 0.462 e. The molecular formula is C19H27NO3. The van der Waals surface area contributed by atoms with E-state index in [0.29, 0.717) is 18.7 Å². The van der Waals surface area contributed by atoms with Gasteiger partial charge in [0.05, 0.1) is 6.61 Å². The summed E-state index contributed by atoms with van der Waals surface area (Å²) in [6.07, 6.45) is 4.40. The van der Waals surface area contributed by atoms with Crippen LogP contribution in [0.1, 0.15) is 38.2 Å². The molecule has 2 unspecified atom stereocenters. The second-order valence-corrected chi connectivity index (χ2v) is 7.18. The van der Waals surface area contributed by atoms with E-state index >= 15 is 0 Å². The number of rotatable bonds is 5. The number of piperidine rings is 1. The zero-order chi connectivity index (χ0) is 16.4. The van der Waals surface area contributed by atoms with E-state index in [1.165, 1.54) is 12.8 Å². The Labute approximate surface area is 138 Å². The Morgan fingerprint density at radius 2 is 1.83 bits per heavy atom. The summed E-state index contributed by atoms with van der Waals surface area (Å²) >= 11 is 0. The van der Waals surface area contributed by atoms with Crippen LogP contribution in [0.2, 0.25) is 0 Å². The molecule has 0 saturated carbocycles. The topological polar surface area (TPSA) is 38.8 Å². The van der Waals surface area contributed by atoms with E-state index in [9.17, 15) is 4.79 Å². The van der Waals surface area contributed by atoms with Crippen LogP contribution in [0.3, 0.4) is 0 Å². The average molecular weight is 317 g/mol. The van der Waals surface area contributed by atoms with Crippen LogP contribution in [-0.2, 0) is 19.7 Å². The van der Waals surface area contributed by atoms with E-state index in [2.05, 4.69) is 11.9 Å². The van der Waals surface area contributed by atoms with E-state index in [4.69, 9.17) is 9.47 Å². The SMILES string of the molecule is COCC(C)(C(=O)OC1C[C@H]2CC[C@@H](C1)N2C)c1ccccc1. The summed E-state index contributed by atoms with van der Waals surface area (Å²) in [5.41, 5.74) is 0.195. The monoisotopic (exact) mass is 317 g/mol. The number of nitrogens with zero attached hydrogens (tertiary/aromatic N) is 1. The molecule has 1 aromatic carbocycles. The molecule has 126 valence electrons. The molecule has 0 amide bonds. The molecule has 0 aliphatic carbocycles.